The predicted octanol–water partition coefficient (Wildman–Crippen LogP) is -1.45. The van der Waals surface area contributed by atoms with Crippen LogP contribution in [-0.4, -0.2) is 59.4 Å². The van der Waals surface area contributed by atoms with E-state index >= 15 is 0 Å². The third-order valence-electron chi connectivity index (χ3n) is 5.18. The molecule has 0 saturated heterocycles. The lowest BCUT2D eigenvalue weighted by Crippen LogP contribution is -2.52. The number of phenolic OH excluding ortho intramolecular Hbond substituents is 1. The number of aliphatic imine (C=N–C) groups is 1. The third-order valence-corrected chi connectivity index (χ3v) is 5.18. The average molecular weight is 516 g/mol. The SMILES string of the molecule is C[C@@H](NC(=O)[C@H](Cc1ccc(O)cc1)N=C(N)N)C(=O)NCC(=O)N[C@@H](Cc1ccc(F)cc1)C(N)=O. The molecule has 0 radical (unpaired) electrons. The van der Waals surface area contributed by atoms with Gasteiger partial charge in [0.2, 0.25) is 23.6 Å². The Bertz CT molecular complexity index is 1140. The topological polar surface area (TPSA) is 215 Å². The maximum atomic E-state index is 13.1. The van der Waals surface area contributed by atoms with E-state index in [4.69, 9.17) is 17.2 Å². The molecule has 0 aromatic heterocycles. The van der Waals surface area contributed by atoms with Crippen molar-refractivity contribution in [2.24, 2.45) is 22.2 Å². The van der Waals surface area contributed by atoms with Crippen molar-refractivity contribution < 1.29 is 28.7 Å². The molecule has 0 aliphatic rings. The van der Waals surface area contributed by atoms with Crippen molar-refractivity contribution >= 4 is 29.6 Å². The zero-order valence-electron chi connectivity index (χ0n) is 20.1. The van der Waals surface area contributed by atoms with Crippen LogP contribution in [0.5, 0.6) is 5.75 Å². The van der Waals surface area contributed by atoms with E-state index in [2.05, 4.69) is 20.9 Å². The Morgan fingerprint density at radius 2 is 1.46 bits per heavy atom. The number of nitrogens with zero attached hydrogens (tertiary/aromatic N) is 1. The van der Waals surface area contributed by atoms with Gasteiger partial charge in [-0.15, -0.1) is 0 Å². The highest BCUT2D eigenvalue weighted by molar-refractivity contribution is 5.93. The second-order valence-corrected chi connectivity index (χ2v) is 8.24. The van der Waals surface area contributed by atoms with Gasteiger partial charge in [0.15, 0.2) is 5.96 Å². The summed E-state index contributed by atoms with van der Waals surface area (Å²) in [6.45, 7) is 0.913. The van der Waals surface area contributed by atoms with Gasteiger partial charge in [-0.05, 0) is 42.3 Å². The minimum absolute atomic E-state index is 0.0367. The van der Waals surface area contributed by atoms with E-state index in [-0.39, 0.29) is 24.6 Å². The normalized spacial score (nSPS) is 12.9. The molecule has 0 fully saturated rings. The number of hydrogen-bond acceptors (Lipinski definition) is 6. The van der Waals surface area contributed by atoms with Crippen molar-refractivity contribution in [1.29, 1.82) is 0 Å². The number of rotatable bonds is 12. The van der Waals surface area contributed by atoms with Crippen molar-refractivity contribution in [2.45, 2.75) is 37.9 Å². The van der Waals surface area contributed by atoms with Crippen molar-refractivity contribution in [3.8, 4) is 5.75 Å². The smallest absolute Gasteiger partial charge is 0.245 e. The number of halogens is 1. The summed E-state index contributed by atoms with van der Waals surface area (Å²) in [5.41, 5.74) is 17.5. The Morgan fingerprint density at radius 3 is 2.03 bits per heavy atom. The highest BCUT2D eigenvalue weighted by Gasteiger charge is 2.24. The number of carbonyl (C=O) groups is 4. The summed E-state index contributed by atoms with van der Waals surface area (Å²) in [4.78, 5) is 53.0. The fourth-order valence-electron chi connectivity index (χ4n) is 3.25. The van der Waals surface area contributed by atoms with E-state index in [9.17, 15) is 28.7 Å². The Kier molecular flexibility index (Phi) is 10.4. The van der Waals surface area contributed by atoms with Crippen LogP contribution in [0.4, 0.5) is 4.39 Å². The Balaban J connectivity index is 1.90. The van der Waals surface area contributed by atoms with Crippen LogP contribution in [0.15, 0.2) is 53.5 Å². The van der Waals surface area contributed by atoms with E-state index in [1.165, 1.54) is 43.3 Å². The molecule has 198 valence electrons. The molecule has 4 amide bonds. The van der Waals surface area contributed by atoms with Crippen molar-refractivity contribution in [3.05, 3.63) is 65.5 Å². The fraction of sp³-hybridized carbons (Fsp3) is 0.292. The van der Waals surface area contributed by atoms with Crippen LogP contribution in [-0.2, 0) is 32.0 Å². The number of nitrogens with one attached hydrogen (secondary N) is 3. The molecule has 0 heterocycles. The molecule has 12 nitrogen and oxygen atoms in total. The number of benzene rings is 2. The van der Waals surface area contributed by atoms with Crippen LogP contribution in [0.3, 0.4) is 0 Å². The lowest BCUT2D eigenvalue weighted by molar-refractivity contribution is -0.131. The molecule has 2 aromatic rings. The second kappa shape index (κ2) is 13.4. The monoisotopic (exact) mass is 515 g/mol. The van der Waals surface area contributed by atoms with Crippen LogP contribution in [0.25, 0.3) is 0 Å². The quantitative estimate of drug-likeness (QED) is 0.132. The fourth-order valence-corrected chi connectivity index (χ4v) is 3.25. The Hall–Kier alpha value is -4.68. The number of guanidine groups is 1. The Morgan fingerprint density at radius 1 is 0.892 bits per heavy atom. The first-order valence-electron chi connectivity index (χ1n) is 11.2. The summed E-state index contributed by atoms with van der Waals surface area (Å²) in [7, 11) is 0. The average Bonchev–Trinajstić information content (AvgIpc) is 2.83. The van der Waals surface area contributed by atoms with E-state index in [1.807, 2.05) is 0 Å². The van der Waals surface area contributed by atoms with Gasteiger partial charge in [0.25, 0.3) is 0 Å². The van der Waals surface area contributed by atoms with Crippen LogP contribution in [0, 0.1) is 5.82 Å². The minimum atomic E-state index is -1.08. The minimum Gasteiger partial charge on any atom is -0.508 e. The molecule has 13 heteroatoms. The number of amides is 4. The number of aromatic hydroxyl groups is 1. The van der Waals surface area contributed by atoms with E-state index in [0.717, 1.165) is 0 Å². The summed E-state index contributed by atoms with van der Waals surface area (Å²) < 4.78 is 13.1. The molecule has 3 atom stereocenters. The number of carbonyl (C=O) groups excluding carboxylic acids is 4. The van der Waals surface area contributed by atoms with Crippen LogP contribution < -0.4 is 33.2 Å². The van der Waals surface area contributed by atoms with E-state index < -0.39 is 54.1 Å². The summed E-state index contributed by atoms with van der Waals surface area (Å²) in [6.07, 6.45) is 0.137. The van der Waals surface area contributed by atoms with Gasteiger partial charge in [-0.25, -0.2) is 9.38 Å². The Labute approximate surface area is 212 Å². The number of hydrogen-bond donors (Lipinski definition) is 7. The highest BCUT2D eigenvalue weighted by Crippen LogP contribution is 2.13. The maximum Gasteiger partial charge on any atom is 0.245 e. The number of nitrogens with two attached hydrogens (primary N) is 3. The summed E-state index contributed by atoms with van der Waals surface area (Å²) in [5, 5.41) is 16.7. The van der Waals surface area contributed by atoms with Crippen molar-refractivity contribution in [3.63, 3.8) is 0 Å². The van der Waals surface area contributed by atoms with Crippen LogP contribution >= 0.6 is 0 Å². The van der Waals surface area contributed by atoms with Gasteiger partial charge in [-0.1, -0.05) is 24.3 Å². The maximum absolute atomic E-state index is 13.1. The van der Waals surface area contributed by atoms with E-state index in [1.54, 1.807) is 12.1 Å². The lowest BCUT2D eigenvalue weighted by Gasteiger charge is -2.19. The standard InChI is InChI=1S/C24H30FN7O5/c1-13(30-23(37)19(32-24(27)28)11-15-4-8-17(33)9-5-15)22(36)29-12-20(34)31-18(21(26)35)10-14-2-6-16(25)7-3-14/h2-9,13,18-19,33H,10-12H2,1H3,(H2,26,35)(H,29,36)(H,30,37)(H,31,34)(H4,27,28,32)/t13-,18+,19+/m1/s1. The number of primary amides is 1. The highest BCUT2D eigenvalue weighted by atomic mass is 19.1. The van der Waals surface area contributed by atoms with Crippen molar-refractivity contribution in [1.82, 2.24) is 16.0 Å². The second-order valence-electron chi connectivity index (χ2n) is 8.24. The largest absolute Gasteiger partial charge is 0.508 e. The van der Waals surface area contributed by atoms with Gasteiger partial charge in [-0.3, -0.25) is 19.2 Å². The van der Waals surface area contributed by atoms with Gasteiger partial charge in [0, 0.05) is 12.8 Å². The van der Waals surface area contributed by atoms with Gasteiger partial charge in [-0.2, -0.15) is 0 Å². The third kappa shape index (κ3) is 9.84. The molecular formula is C24H30FN7O5. The molecule has 37 heavy (non-hydrogen) atoms. The zero-order valence-corrected chi connectivity index (χ0v) is 20.1. The lowest BCUT2D eigenvalue weighted by atomic mass is 10.1. The van der Waals surface area contributed by atoms with E-state index in [0.29, 0.717) is 11.1 Å². The zero-order chi connectivity index (χ0) is 27.5. The first kappa shape index (κ1) is 28.6. The number of phenols is 1. The summed E-state index contributed by atoms with van der Waals surface area (Å²) in [5.74, 6) is -3.52. The van der Waals surface area contributed by atoms with Gasteiger partial charge >= 0.3 is 0 Å². The van der Waals surface area contributed by atoms with Crippen LogP contribution in [0.2, 0.25) is 0 Å². The summed E-state index contributed by atoms with van der Waals surface area (Å²) >= 11 is 0. The molecule has 2 rings (SSSR count). The molecule has 0 aliphatic heterocycles. The molecular weight excluding hydrogens is 485 g/mol. The molecule has 2 aromatic carbocycles. The molecule has 0 bridgehead atoms. The van der Waals surface area contributed by atoms with Gasteiger partial charge in [0.05, 0.1) is 6.54 Å². The molecule has 0 saturated carbocycles. The predicted molar refractivity (Wildman–Crippen MR) is 133 cm³/mol. The van der Waals surface area contributed by atoms with Crippen molar-refractivity contribution in [2.75, 3.05) is 6.54 Å². The molecule has 0 aliphatic carbocycles. The van der Waals surface area contributed by atoms with Gasteiger partial charge < -0.3 is 38.3 Å². The van der Waals surface area contributed by atoms with Crippen LogP contribution in [0.1, 0.15) is 18.1 Å². The first-order valence-corrected chi connectivity index (χ1v) is 11.2. The first-order chi connectivity index (χ1) is 17.4. The molecule has 10 N–H and O–H groups in total. The molecule has 0 spiro atoms. The van der Waals surface area contributed by atoms with Gasteiger partial charge in [0.1, 0.15) is 29.7 Å². The molecule has 0 unspecified atom stereocenters. The summed E-state index contributed by atoms with van der Waals surface area (Å²) in [6, 6.07) is 8.27.